The first-order chi connectivity index (χ1) is 11.4. The topological polar surface area (TPSA) is 98.3 Å². The van der Waals surface area contributed by atoms with Crippen LogP contribution in [0.4, 0.5) is 19.8 Å². The second-order valence-corrected chi connectivity index (χ2v) is 5.37. The number of aromatic nitrogens is 1. The smallest absolute Gasteiger partial charge is 0.395 e. The number of rotatable bonds is 4. The molecule has 0 aliphatic carbocycles. The molecule has 24 heavy (non-hydrogen) atoms. The zero-order chi connectivity index (χ0) is 17.3. The Morgan fingerprint density at radius 3 is 2.75 bits per heavy atom. The van der Waals surface area contributed by atoms with Gasteiger partial charge in [0.1, 0.15) is 16.6 Å². The van der Waals surface area contributed by atoms with Gasteiger partial charge in [-0.2, -0.15) is 0 Å². The maximum Gasteiger partial charge on any atom is 0.433 e. The molecule has 1 aromatic carbocycles. The van der Waals surface area contributed by atoms with Crippen molar-refractivity contribution in [3.8, 4) is 11.3 Å². The highest BCUT2D eigenvalue weighted by Gasteiger charge is 2.19. The van der Waals surface area contributed by atoms with E-state index in [2.05, 4.69) is 10.3 Å². The lowest BCUT2D eigenvalue weighted by atomic mass is 10.1. The van der Waals surface area contributed by atoms with Crippen molar-refractivity contribution in [3.63, 3.8) is 0 Å². The van der Waals surface area contributed by atoms with Crippen molar-refractivity contribution in [2.45, 2.75) is 0 Å². The fourth-order valence-corrected chi connectivity index (χ4v) is 2.56. The van der Waals surface area contributed by atoms with Crippen LogP contribution in [0, 0.1) is 21.7 Å². The van der Waals surface area contributed by atoms with Crippen molar-refractivity contribution >= 4 is 28.3 Å². The third kappa shape index (κ3) is 3.13. The van der Waals surface area contributed by atoms with Crippen LogP contribution in [-0.2, 0) is 0 Å². The van der Waals surface area contributed by atoms with Crippen molar-refractivity contribution in [1.82, 2.24) is 4.98 Å². The molecule has 2 heterocycles. The van der Waals surface area contributed by atoms with Crippen molar-refractivity contribution in [3.05, 3.63) is 63.2 Å². The maximum absolute atomic E-state index is 13.7. The fourth-order valence-electron chi connectivity index (χ4n) is 1.86. The minimum absolute atomic E-state index is 0.0850. The minimum atomic E-state index is -0.778. The van der Waals surface area contributed by atoms with E-state index in [1.165, 1.54) is 11.4 Å². The fraction of sp³-hybridized carbons (Fsp3) is 0. The molecule has 7 nitrogen and oxygen atoms in total. The van der Waals surface area contributed by atoms with Crippen LogP contribution < -0.4 is 5.32 Å². The van der Waals surface area contributed by atoms with E-state index in [1.807, 2.05) is 0 Å². The first kappa shape index (κ1) is 15.7. The van der Waals surface area contributed by atoms with Crippen molar-refractivity contribution < 1.29 is 22.9 Å². The molecular formula is C14H7F2N3O4S. The van der Waals surface area contributed by atoms with Crippen LogP contribution in [0.25, 0.3) is 11.3 Å². The number of thiazole rings is 1. The number of nitrogens with one attached hydrogen (secondary N) is 1. The van der Waals surface area contributed by atoms with E-state index in [9.17, 15) is 23.7 Å². The van der Waals surface area contributed by atoms with Crippen LogP contribution in [0.15, 0.2) is 40.1 Å². The standard InChI is InChI=1S/C14H7F2N3O4S/c15-7-1-2-8(9(16)5-7)10-6-24-14(17-10)18-13(20)11-3-4-12(23-11)19(21)22/h1-6H,(H,17,18,20). The molecule has 0 spiro atoms. The number of carbonyl (C=O) groups is 1. The number of hydrogen-bond acceptors (Lipinski definition) is 6. The van der Waals surface area contributed by atoms with E-state index in [-0.39, 0.29) is 22.1 Å². The predicted octanol–water partition coefficient (Wildman–Crippen LogP) is 3.84. The molecule has 0 unspecified atom stereocenters. The Balaban J connectivity index is 1.78. The summed E-state index contributed by atoms with van der Waals surface area (Å²) >= 11 is 1.01. The largest absolute Gasteiger partial charge is 0.433 e. The number of furan rings is 1. The van der Waals surface area contributed by atoms with Crippen LogP contribution >= 0.6 is 11.3 Å². The number of nitro groups is 1. The highest BCUT2D eigenvalue weighted by Crippen LogP contribution is 2.28. The van der Waals surface area contributed by atoms with Crippen molar-refractivity contribution in [1.29, 1.82) is 0 Å². The van der Waals surface area contributed by atoms with Crippen LogP contribution in [0.5, 0.6) is 0 Å². The quantitative estimate of drug-likeness (QED) is 0.569. The first-order valence-electron chi connectivity index (χ1n) is 6.40. The zero-order valence-electron chi connectivity index (χ0n) is 11.7. The van der Waals surface area contributed by atoms with Crippen molar-refractivity contribution in [2.75, 3.05) is 5.32 Å². The number of anilines is 1. The van der Waals surface area contributed by atoms with Gasteiger partial charge in [-0.3, -0.25) is 20.2 Å². The molecule has 3 aromatic rings. The number of carbonyl (C=O) groups excluding carboxylic acids is 1. The highest BCUT2D eigenvalue weighted by atomic mass is 32.1. The van der Waals surface area contributed by atoms with E-state index < -0.39 is 28.3 Å². The Kier molecular flexibility index (Phi) is 4.04. The lowest BCUT2D eigenvalue weighted by Gasteiger charge is -1.99. The molecule has 0 saturated carbocycles. The summed E-state index contributed by atoms with van der Waals surface area (Å²) in [6.45, 7) is 0. The summed E-state index contributed by atoms with van der Waals surface area (Å²) in [5, 5.41) is 14.5. The SMILES string of the molecule is O=C(Nc1nc(-c2ccc(F)cc2F)cs1)c1ccc([N+](=O)[O-])o1. The van der Waals surface area contributed by atoms with E-state index >= 15 is 0 Å². The second kappa shape index (κ2) is 6.16. The Bertz CT molecular complexity index is 938. The molecule has 3 rings (SSSR count). The third-order valence-electron chi connectivity index (χ3n) is 2.93. The maximum atomic E-state index is 13.7. The molecule has 0 atom stereocenters. The lowest BCUT2D eigenvalue weighted by molar-refractivity contribution is -0.402. The molecule has 0 aliphatic rings. The Hall–Kier alpha value is -3.14. The summed E-state index contributed by atoms with van der Waals surface area (Å²) in [4.78, 5) is 25.7. The molecule has 0 saturated heterocycles. The van der Waals surface area contributed by atoms with Crippen LogP contribution in [0.3, 0.4) is 0 Å². The number of amides is 1. The molecule has 0 radical (unpaired) electrons. The van der Waals surface area contributed by atoms with Crippen LogP contribution in [0.2, 0.25) is 0 Å². The van der Waals surface area contributed by atoms with E-state index in [1.54, 1.807) is 0 Å². The first-order valence-corrected chi connectivity index (χ1v) is 7.28. The van der Waals surface area contributed by atoms with Gasteiger partial charge in [-0.15, -0.1) is 11.3 Å². The minimum Gasteiger partial charge on any atom is -0.395 e. The monoisotopic (exact) mass is 351 g/mol. The van der Waals surface area contributed by atoms with Gasteiger partial charge in [0, 0.05) is 17.0 Å². The summed E-state index contributed by atoms with van der Waals surface area (Å²) in [6, 6.07) is 5.27. The molecule has 10 heteroatoms. The molecule has 1 N–H and O–H groups in total. The van der Waals surface area contributed by atoms with E-state index in [0.29, 0.717) is 0 Å². The average Bonchev–Trinajstić information content (AvgIpc) is 3.16. The predicted molar refractivity (Wildman–Crippen MR) is 80.8 cm³/mol. The molecule has 1 amide bonds. The van der Waals surface area contributed by atoms with Crippen LogP contribution in [-0.4, -0.2) is 15.8 Å². The number of hydrogen-bond donors (Lipinski definition) is 1. The second-order valence-electron chi connectivity index (χ2n) is 4.51. The molecule has 122 valence electrons. The van der Waals surface area contributed by atoms with E-state index in [4.69, 9.17) is 4.42 Å². The van der Waals surface area contributed by atoms with E-state index in [0.717, 1.165) is 35.6 Å². The van der Waals surface area contributed by atoms with Gasteiger partial charge < -0.3 is 4.42 Å². The van der Waals surface area contributed by atoms with Gasteiger partial charge in [0.2, 0.25) is 0 Å². The molecule has 2 aromatic heterocycles. The van der Waals surface area contributed by atoms with Gasteiger partial charge in [-0.05, 0) is 18.2 Å². The third-order valence-corrected chi connectivity index (χ3v) is 3.69. The normalized spacial score (nSPS) is 10.6. The molecule has 0 bridgehead atoms. The Morgan fingerprint density at radius 1 is 1.29 bits per heavy atom. The summed E-state index contributed by atoms with van der Waals surface area (Å²) < 4.78 is 31.4. The lowest BCUT2D eigenvalue weighted by Crippen LogP contribution is -2.10. The average molecular weight is 351 g/mol. The highest BCUT2D eigenvalue weighted by molar-refractivity contribution is 7.14. The van der Waals surface area contributed by atoms with Gasteiger partial charge in [0.25, 0.3) is 5.91 Å². The van der Waals surface area contributed by atoms with Gasteiger partial charge in [0.05, 0.1) is 11.8 Å². The number of halogens is 2. The van der Waals surface area contributed by atoms with Gasteiger partial charge in [-0.25, -0.2) is 13.8 Å². The molecule has 0 fully saturated rings. The summed E-state index contributed by atoms with van der Waals surface area (Å²) in [5.74, 6) is -3.04. The van der Waals surface area contributed by atoms with Gasteiger partial charge in [0.15, 0.2) is 10.9 Å². The summed E-state index contributed by atoms with van der Waals surface area (Å²) in [6.07, 6.45) is 0. The van der Waals surface area contributed by atoms with Gasteiger partial charge in [-0.1, -0.05) is 0 Å². The van der Waals surface area contributed by atoms with Gasteiger partial charge >= 0.3 is 5.88 Å². The van der Waals surface area contributed by atoms with Crippen molar-refractivity contribution in [2.24, 2.45) is 0 Å². The summed E-state index contributed by atoms with van der Waals surface area (Å²) in [7, 11) is 0. The van der Waals surface area contributed by atoms with Crippen LogP contribution in [0.1, 0.15) is 10.6 Å². The number of benzene rings is 1. The number of nitrogens with zero attached hydrogens (tertiary/aromatic N) is 2. The molecule has 0 aliphatic heterocycles. The zero-order valence-corrected chi connectivity index (χ0v) is 12.5. The Labute approximate surface area is 136 Å². The summed E-state index contributed by atoms with van der Waals surface area (Å²) in [5.41, 5.74) is 0.306. The molecular weight excluding hydrogens is 344 g/mol. The Morgan fingerprint density at radius 2 is 2.08 bits per heavy atom.